The van der Waals surface area contributed by atoms with Crippen LogP contribution in [0.3, 0.4) is 0 Å². The molecule has 3 aromatic rings. The van der Waals surface area contributed by atoms with E-state index in [1.807, 2.05) is 13.0 Å². The SMILES string of the molecule is Cc1ccc[n+](/C(C(=S)Nc2ccc(F)cc2)=C(\O)c2cccc([N+](=O)[O-])c2)c1. The van der Waals surface area contributed by atoms with E-state index >= 15 is 0 Å². The van der Waals surface area contributed by atoms with E-state index in [1.165, 1.54) is 42.5 Å². The first-order valence-electron chi connectivity index (χ1n) is 8.58. The summed E-state index contributed by atoms with van der Waals surface area (Å²) in [6.45, 7) is 1.88. The molecule has 2 N–H and O–H groups in total. The Hall–Kier alpha value is -3.65. The number of halogens is 1. The maximum Gasteiger partial charge on any atom is 0.288 e. The minimum Gasteiger partial charge on any atom is -0.502 e. The predicted molar refractivity (Wildman–Crippen MR) is 113 cm³/mol. The Bertz CT molecular complexity index is 1110. The smallest absolute Gasteiger partial charge is 0.288 e. The number of aliphatic hydroxyl groups excluding tert-OH is 1. The van der Waals surface area contributed by atoms with Crippen molar-refractivity contribution in [2.24, 2.45) is 0 Å². The maximum atomic E-state index is 13.2. The monoisotopic (exact) mass is 410 g/mol. The van der Waals surface area contributed by atoms with E-state index in [0.717, 1.165) is 5.56 Å². The van der Waals surface area contributed by atoms with Crippen LogP contribution in [0.1, 0.15) is 11.1 Å². The second-order valence-corrected chi connectivity index (χ2v) is 6.66. The normalized spacial score (nSPS) is 11.5. The summed E-state index contributed by atoms with van der Waals surface area (Å²) in [6, 6.07) is 14.9. The zero-order chi connectivity index (χ0) is 21.0. The number of thiocarbonyl (C=S) groups is 1. The second kappa shape index (κ2) is 8.57. The molecule has 0 spiro atoms. The summed E-state index contributed by atoms with van der Waals surface area (Å²) < 4.78 is 14.8. The minimum absolute atomic E-state index is 0.153. The van der Waals surface area contributed by atoms with Crippen LogP contribution in [0.25, 0.3) is 11.5 Å². The molecular weight excluding hydrogens is 393 g/mol. The number of aliphatic hydroxyl groups is 1. The molecule has 1 heterocycles. The van der Waals surface area contributed by atoms with Gasteiger partial charge in [0.2, 0.25) is 0 Å². The molecular formula is C21H17FN3O3S+. The number of non-ortho nitro benzene ring substituents is 1. The molecule has 0 atom stereocenters. The summed E-state index contributed by atoms with van der Waals surface area (Å²) in [5.74, 6) is -0.617. The Morgan fingerprint density at radius 2 is 1.90 bits per heavy atom. The third kappa shape index (κ3) is 4.80. The predicted octanol–water partition coefficient (Wildman–Crippen LogP) is 4.65. The molecule has 29 heavy (non-hydrogen) atoms. The van der Waals surface area contributed by atoms with Crippen molar-refractivity contribution in [3.63, 3.8) is 0 Å². The van der Waals surface area contributed by atoms with E-state index in [-0.39, 0.29) is 33.5 Å². The number of aromatic nitrogens is 1. The summed E-state index contributed by atoms with van der Waals surface area (Å²) in [4.78, 5) is 10.7. The van der Waals surface area contributed by atoms with Gasteiger partial charge in [-0.2, -0.15) is 4.57 Å². The number of nitrogens with zero attached hydrogens (tertiary/aromatic N) is 2. The van der Waals surface area contributed by atoms with Crippen molar-refractivity contribution in [2.45, 2.75) is 6.92 Å². The van der Waals surface area contributed by atoms with Gasteiger partial charge in [0.05, 0.1) is 4.92 Å². The van der Waals surface area contributed by atoms with Crippen molar-refractivity contribution < 1.29 is 19.0 Å². The molecule has 0 amide bonds. The minimum atomic E-state index is -0.536. The van der Waals surface area contributed by atoms with Crippen molar-refractivity contribution in [2.75, 3.05) is 5.32 Å². The number of nitro groups is 1. The Kier molecular flexibility index (Phi) is 5.94. The average molecular weight is 410 g/mol. The first-order valence-corrected chi connectivity index (χ1v) is 8.99. The Morgan fingerprint density at radius 1 is 1.17 bits per heavy atom. The van der Waals surface area contributed by atoms with Crippen LogP contribution in [0.15, 0.2) is 73.1 Å². The number of pyridine rings is 1. The number of nitro benzene ring substituents is 1. The van der Waals surface area contributed by atoms with Crippen molar-refractivity contribution in [3.8, 4) is 0 Å². The van der Waals surface area contributed by atoms with E-state index in [0.29, 0.717) is 5.69 Å². The highest BCUT2D eigenvalue weighted by Crippen LogP contribution is 2.23. The lowest BCUT2D eigenvalue weighted by Gasteiger charge is -2.10. The number of rotatable bonds is 5. The second-order valence-electron chi connectivity index (χ2n) is 6.25. The third-order valence-electron chi connectivity index (χ3n) is 4.08. The highest BCUT2D eigenvalue weighted by Gasteiger charge is 2.25. The molecule has 1 aromatic heterocycles. The van der Waals surface area contributed by atoms with Gasteiger partial charge in [-0.3, -0.25) is 10.1 Å². The third-order valence-corrected chi connectivity index (χ3v) is 4.37. The lowest BCUT2D eigenvalue weighted by Crippen LogP contribution is -2.38. The number of anilines is 1. The Labute approximate surface area is 171 Å². The molecule has 8 heteroatoms. The zero-order valence-electron chi connectivity index (χ0n) is 15.4. The van der Waals surface area contributed by atoms with Crippen LogP contribution in [0, 0.1) is 22.9 Å². The summed E-state index contributed by atoms with van der Waals surface area (Å²) in [5, 5.41) is 25.0. The summed E-state index contributed by atoms with van der Waals surface area (Å²) in [6.07, 6.45) is 3.47. The maximum absolute atomic E-state index is 13.2. The van der Waals surface area contributed by atoms with Crippen LogP contribution in [-0.4, -0.2) is 15.0 Å². The molecule has 146 valence electrons. The number of hydrogen-bond acceptors (Lipinski definition) is 4. The molecule has 0 bridgehead atoms. The van der Waals surface area contributed by atoms with Gasteiger partial charge in [-0.15, -0.1) is 0 Å². The highest BCUT2D eigenvalue weighted by molar-refractivity contribution is 7.81. The van der Waals surface area contributed by atoms with E-state index in [2.05, 4.69) is 5.32 Å². The lowest BCUT2D eigenvalue weighted by atomic mass is 10.1. The molecule has 0 unspecified atom stereocenters. The largest absolute Gasteiger partial charge is 0.502 e. The lowest BCUT2D eigenvalue weighted by molar-refractivity contribution is -0.576. The number of nitrogens with one attached hydrogen (secondary N) is 1. The van der Waals surface area contributed by atoms with Gasteiger partial charge in [-0.25, -0.2) is 4.39 Å². The van der Waals surface area contributed by atoms with Crippen LogP contribution >= 0.6 is 12.2 Å². The summed E-state index contributed by atoms with van der Waals surface area (Å²) in [7, 11) is 0. The standard InChI is InChI=1S/C21H16FN3O3S/c1-14-4-3-11-24(13-14)19(21(29)23-17-9-7-16(22)8-10-17)20(26)15-5-2-6-18(12-15)25(27)28/h2-13H,1H3,(H-,23,26,29)/p+1. The van der Waals surface area contributed by atoms with Crippen molar-refractivity contribution in [1.82, 2.24) is 0 Å². The van der Waals surface area contributed by atoms with Crippen LogP contribution < -0.4 is 9.88 Å². The molecule has 6 nitrogen and oxygen atoms in total. The van der Waals surface area contributed by atoms with Gasteiger partial charge in [-0.05, 0) is 37.3 Å². The average Bonchev–Trinajstić information content (AvgIpc) is 2.70. The van der Waals surface area contributed by atoms with Gasteiger partial charge >= 0.3 is 0 Å². The topological polar surface area (TPSA) is 79.3 Å². The zero-order valence-corrected chi connectivity index (χ0v) is 16.2. The molecule has 0 fully saturated rings. The molecule has 0 aliphatic carbocycles. The quantitative estimate of drug-likeness (QED) is 0.160. The van der Waals surface area contributed by atoms with Crippen molar-refractivity contribution >= 4 is 40.0 Å². The van der Waals surface area contributed by atoms with Crippen LogP contribution in [0.2, 0.25) is 0 Å². The molecule has 0 saturated heterocycles. The van der Waals surface area contributed by atoms with Crippen LogP contribution in [0.5, 0.6) is 0 Å². The number of hydrogen-bond donors (Lipinski definition) is 2. The Balaban J connectivity index is 2.10. The number of aryl methyl sites for hydroxylation is 1. The number of benzene rings is 2. The van der Waals surface area contributed by atoms with E-state index < -0.39 is 4.92 Å². The van der Waals surface area contributed by atoms with E-state index in [9.17, 15) is 19.6 Å². The van der Waals surface area contributed by atoms with Gasteiger partial charge in [0.25, 0.3) is 11.4 Å². The fourth-order valence-corrected chi connectivity index (χ4v) is 3.03. The van der Waals surface area contributed by atoms with Crippen molar-refractivity contribution in [1.29, 1.82) is 0 Å². The highest BCUT2D eigenvalue weighted by atomic mass is 32.1. The molecule has 2 aromatic carbocycles. The van der Waals surface area contributed by atoms with Gasteiger partial charge < -0.3 is 10.4 Å². The molecule has 0 saturated carbocycles. The van der Waals surface area contributed by atoms with Crippen molar-refractivity contribution in [3.05, 3.63) is 100 Å². The van der Waals surface area contributed by atoms with Gasteiger partial charge in [0.15, 0.2) is 23.1 Å². The summed E-state index contributed by atoms with van der Waals surface area (Å²) in [5.41, 5.74) is 1.77. The van der Waals surface area contributed by atoms with E-state index in [1.54, 1.807) is 29.1 Å². The van der Waals surface area contributed by atoms with Gasteiger partial charge in [0, 0.05) is 35.0 Å². The fraction of sp³-hybridized carbons (Fsp3) is 0.0476. The van der Waals surface area contributed by atoms with Gasteiger partial charge in [0.1, 0.15) is 5.82 Å². The molecule has 3 rings (SSSR count). The molecule has 0 aliphatic rings. The first-order chi connectivity index (χ1) is 13.8. The Morgan fingerprint density at radius 3 is 2.55 bits per heavy atom. The van der Waals surface area contributed by atoms with Crippen LogP contribution in [0.4, 0.5) is 15.8 Å². The molecule has 0 aliphatic heterocycles. The van der Waals surface area contributed by atoms with Crippen LogP contribution in [-0.2, 0) is 0 Å². The van der Waals surface area contributed by atoms with E-state index in [4.69, 9.17) is 12.2 Å². The summed E-state index contributed by atoms with van der Waals surface area (Å²) >= 11 is 5.50. The fourth-order valence-electron chi connectivity index (χ4n) is 2.71. The first kappa shape index (κ1) is 20.1. The van der Waals surface area contributed by atoms with Gasteiger partial charge in [-0.1, -0.05) is 24.4 Å². The molecule has 0 radical (unpaired) electrons.